The lowest BCUT2D eigenvalue weighted by Crippen LogP contribution is -2.37. The lowest BCUT2D eigenvalue weighted by atomic mass is 9.98. The number of likely N-dealkylation sites (tertiary alicyclic amines) is 1. The van der Waals surface area contributed by atoms with Crippen LogP contribution >= 0.6 is 0 Å². The van der Waals surface area contributed by atoms with Gasteiger partial charge in [0.15, 0.2) is 0 Å². The summed E-state index contributed by atoms with van der Waals surface area (Å²) in [5, 5.41) is 0. The number of hydrogen-bond acceptors (Lipinski definition) is 3. The van der Waals surface area contributed by atoms with E-state index in [-0.39, 0.29) is 11.9 Å². The quantitative estimate of drug-likeness (QED) is 0.832. The van der Waals surface area contributed by atoms with E-state index in [1.807, 2.05) is 17.9 Å². The topological polar surface area (TPSA) is 57.7 Å². The summed E-state index contributed by atoms with van der Waals surface area (Å²) in [6.07, 6.45) is 3.98. The van der Waals surface area contributed by atoms with E-state index in [1.54, 1.807) is 12.1 Å². The second-order valence-electron chi connectivity index (χ2n) is 6.93. The molecule has 0 aromatic heterocycles. The Labute approximate surface area is 138 Å². The summed E-state index contributed by atoms with van der Waals surface area (Å²) in [4.78, 5) is 14.6. The second kappa shape index (κ2) is 5.82. The predicted molar refractivity (Wildman–Crippen MR) is 91.2 cm³/mol. The highest BCUT2D eigenvalue weighted by atomic mass is 32.2. The van der Waals surface area contributed by atoms with Crippen molar-refractivity contribution in [2.24, 2.45) is 5.92 Å². The van der Waals surface area contributed by atoms with Crippen LogP contribution in [0.2, 0.25) is 0 Å². The minimum atomic E-state index is -3.29. The number of carbonyl (C=O) groups is 1. The molecule has 23 heavy (non-hydrogen) atoms. The van der Waals surface area contributed by atoms with Gasteiger partial charge in [-0.05, 0) is 55.9 Å². The molecule has 1 amide bonds. The SMILES string of the molecule is CC1CCN(C(=O)c2ccc3c(c2)CC(C)N3S(C)(=O)=O)CC1. The summed E-state index contributed by atoms with van der Waals surface area (Å²) in [6.45, 7) is 5.73. The maximum absolute atomic E-state index is 12.7. The zero-order chi connectivity index (χ0) is 16.8. The summed E-state index contributed by atoms with van der Waals surface area (Å²) in [7, 11) is -3.29. The van der Waals surface area contributed by atoms with Crippen LogP contribution in [0.3, 0.4) is 0 Å². The largest absolute Gasteiger partial charge is 0.339 e. The molecule has 1 fully saturated rings. The van der Waals surface area contributed by atoms with Gasteiger partial charge in [0.1, 0.15) is 0 Å². The molecule has 2 heterocycles. The molecule has 0 spiro atoms. The van der Waals surface area contributed by atoms with E-state index in [0.29, 0.717) is 23.6 Å². The maximum Gasteiger partial charge on any atom is 0.253 e. The van der Waals surface area contributed by atoms with E-state index < -0.39 is 10.0 Å². The van der Waals surface area contributed by atoms with Crippen molar-refractivity contribution in [1.82, 2.24) is 4.90 Å². The van der Waals surface area contributed by atoms with E-state index in [9.17, 15) is 13.2 Å². The number of hydrogen-bond donors (Lipinski definition) is 0. The molecule has 6 heteroatoms. The molecule has 2 aliphatic heterocycles. The first-order chi connectivity index (χ1) is 10.8. The standard InChI is InChI=1S/C17H24N2O3S/c1-12-6-8-18(9-7-12)17(20)14-4-5-16-15(11-14)10-13(2)19(16)23(3,21)22/h4-5,11-13H,6-10H2,1-3H3. The molecule has 3 rings (SSSR count). The molecule has 0 radical (unpaired) electrons. The van der Waals surface area contributed by atoms with Crippen LogP contribution in [0.1, 0.15) is 42.6 Å². The summed E-state index contributed by atoms with van der Waals surface area (Å²) in [5.41, 5.74) is 2.32. The van der Waals surface area contributed by atoms with Gasteiger partial charge in [-0.2, -0.15) is 0 Å². The van der Waals surface area contributed by atoms with Gasteiger partial charge in [0.2, 0.25) is 10.0 Å². The normalized spacial score (nSPS) is 22.3. The number of sulfonamides is 1. The lowest BCUT2D eigenvalue weighted by molar-refractivity contribution is 0.0697. The number of amides is 1. The third kappa shape index (κ3) is 3.09. The number of piperidine rings is 1. The van der Waals surface area contributed by atoms with E-state index in [0.717, 1.165) is 31.5 Å². The third-order valence-corrected chi connectivity index (χ3v) is 6.18. The zero-order valence-corrected chi connectivity index (χ0v) is 14.8. The number of rotatable bonds is 2. The zero-order valence-electron chi connectivity index (χ0n) is 13.9. The molecule has 0 saturated carbocycles. The Balaban J connectivity index is 1.85. The molecular formula is C17H24N2O3S. The molecule has 5 nitrogen and oxygen atoms in total. The highest BCUT2D eigenvalue weighted by Gasteiger charge is 2.33. The van der Waals surface area contributed by atoms with E-state index in [2.05, 4.69) is 6.92 Å². The number of carbonyl (C=O) groups excluding carboxylic acids is 1. The van der Waals surface area contributed by atoms with Crippen LogP contribution in [0.4, 0.5) is 5.69 Å². The maximum atomic E-state index is 12.7. The summed E-state index contributed by atoms with van der Waals surface area (Å²) in [5.74, 6) is 0.744. The lowest BCUT2D eigenvalue weighted by Gasteiger charge is -2.30. The van der Waals surface area contributed by atoms with Gasteiger partial charge in [0, 0.05) is 24.7 Å². The third-order valence-electron chi connectivity index (χ3n) is 4.91. The Morgan fingerprint density at radius 3 is 2.43 bits per heavy atom. The van der Waals surface area contributed by atoms with Crippen molar-refractivity contribution in [3.63, 3.8) is 0 Å². The monoisotopic (exact) mass is 336 g/mol. The number of benzene rings is 1. The molecule has 0 bridgehead atoms. The van der Waals surface area contributed by atoms with Crippen LogP contribution in [-0.2, 0) is 16.4 Å². The van der Waals surface area contributed by atoms with Gasteiger partial charge in [0.25, 0.3) is 5.91 Å². The average molecular weight is 336 g/mol. The molecule has 2 aliphatic rings. The Morgan fingerprint density at radius 1 is 1.17 bits per heavy atom. The van der Waals surface area contributed by atoms with Gasteiger partial charge in [-0.15, -0.1) is 0 Å². The molecule has 1 aromatic carbocycles. The molecule has 1 aromatic rings. The van der Waals surface area contributed by atoms with E-state index >= 15 is 0 Å². The van der Waals surface area contributed by atoms with Crippen LogP contribution in [0.25, 0.3) is 0 Å². The average Bonchev–Trinajstić information content (AvgIpc) is 2.82. The molecule has 1 atom stereocenters. The van der Waals surface area contributed by atoms with Gasteiger partial charge < -0.3 is 4.90 Å². The first kappa shape index (κ1) is 16.3. The van der Waals surface area contributed by atoms with Gasteiger partial charge in [-0.3, -0.25) is 9.10 Å². The number of anilines is 1. The molecular weight excluding hydrogens is 312 g/mol. The smallest absolute Gasteiger partial charge is 0.253 e. The Morgan fingerprint density at radius 2 is 1.83 bits per heavy atom. The van der Waals surface area contributed by atoms with Crippen molar-refractivity contribution >= 4 is 21.6 Å². The van der Waals surface area contributed by atoms with E-state index in [1.165, 1.54) is 10.6 Å². The second-order valence-corrected chi connectivity index (χ2v) is 8.79. The fraction of sp³-hybridized carbons (Fsp3) is 0.588. The van der Waals surface area contributed by atoms with Crippen molar-refractivity contribution < 1.29 is 13.2 Å². The van der Waals surface area contributed by atoms with Crippen molar-refractivity contribution in [2.45, 2.75) is 39.2 Å². The van der Waals surface area contributed by atoms with Crippen LogP contribution in [0.5, 0.6) is 0 Å². The molecule has 126 valence electrons. The van der Waals surface area contributed by atoms with Crippen LogP contribution in [0.15, 0.2) is 18.2 Å². The Kier molecular flexibility index (Phi) is 4.12. The fourth-order valence-electron chi connectivity index (χ4n) is 3.64. The van der Waals surface area contributed by atoms with Crippen molar-refractivity contribution in [1.29, 1.82) is 0 Å². The summed E-state index contributed by atoms with van der Waals surface area (Å²) in [6, 6.07) is 5.31. The van der Waals surface area contributed by atoms with Crippen LogP contribution in [0, 0.1) is 5.92 Å². The first-order valence-corrected chi connectivity index (χ1v) is 10.0. The van der Waals surface area contributed by atoms with Crippen molar-refractivity contribution in [3.8, 4) is 0 Å². The van der Waals surface area contributed by atoms with Gasteiger partial charge in [0.05, 0.1) is 11.9 Å². The molecule has 0 aliphatic carbocycles. The van der Waals surface area contributed by atoms with Gasteiger partial charge >= 0.3 is 0 Å². The number of fused-ring (bicyclic) bond motifs is 1. The molecule has 0 N–H and O–H groups in total. The summed E-state index contributed by atoms with van der Waals surface area (Å²) >= 11 is 0. The number of nitrogens with zero attached hydrogens (tertiary/aromatic N) is 2. The van der Waals surface area contributed by atoms with Crippen LogP contribution < -0.4 is 4.31 Å². The van der Waals surface area contributed by atoms with Gasteiger partial charge in [-0.25, -0.2) is 8.42 Å². The van der Waals surface area contributed by atoms with Crippen LogP contribution in [-0.4, -0.2) is 44.6 Å². The predicted octanol–water partition coefficient (Wildman–Crippen LogP) is 2.27. The van der Waals surface area contributed by atoms with E-state index in [4.69, 9.17) is 0 Å². The van der Waals surface area contributed by atoms with Crippen molar-refractivity contribution in [3.05, 3.63) is 29.3 Å². The van der Waals surface area contributed by atoms with Gasteiger partial charge in [-0.1, -0.05) is 6.92 Å². The highest BCUT2D eigenvalue weighted by molar-refractivity contribution is 7.92. The highest BCUT2D eigenvalue weighted by Crippen LogP contribution is 2.35. The minimum absolute atomic E-state index is 0.0603. The Bertz CT molecular complexity index is 721. The minimum Gasteiger partial charge on any atom is -0.339 e. The summed E-state index contributed by atoms with van der Waals surface area (Å²) < 4.78 is 25.4. The van der Waals surface area contributed by atoms with Crippen molar-refractivity contribution in [2.75, 3.05) is 23.7 Å². The fourth-order valence-corrected chi connectivity index (χ4v) is 4.90. The molecule has 1 unspecified atom stereocenters. The molecule has 1 saturated heterocycles. The first-order valence-electron chi connectivity index (χ1n) is 8.19. The Hall–Kier alpha value is -1.56.